The summed E-state index contributed by atoms with van der Waals surface area (Å²) < 4.78 is 0. The highest BCUT2D eigenvalue weighted by molar-refractivity contribution is 7.11. The van der Waals surface area contributed by atoms with Crippen LogP contribution in [0.15, 0.2) is 12.1 Å². The number of nitrogens with one attached hydrogen (secondary N) is 1. The van der Waals surface area contributed by atoms with Gasteiger partial charge in [0.1, 0.15) is 0 Å². The molecule has 3 N–H and O–H groups in total. The molecule has 14 heavy (non-hydrogen) atoms. The van der Waals surface area contributed by atoms with Crippen molar-refractivity contribution in [2.75, 3.05) is 0 Å². The summed E-state index contributed by atoms with van der Waals surface area (Å²) in [6, 6.07) is 3.71. The first-order valence-corrected chi connectivity index (χ1v) is 5.56. The van der Waals surface area contributed by atoms with Crippen LogP contribution in [0.25, 0.3) is 0 Å². The van der Waals surface area contributed by atoms with Crippen LogP contribution < -0.4 is 11.1 Å². The number of thiophene rings is 1. The molecule has 0 bridgehead atoms. The largest absolute Gasteiger partial charge is 0.350 e. The number of carbonyl (C=O) groups excluding carboxylic acids is 1. The van der Waals surface area contributed by atoms with Crippen molar-refractivity contribution in [3.8, 4) is 0 Å². The Morgan fingerprint density at radius 3 is 2.71 bits per heavy atom. The Hall–Kier alpha value is -0.870. The Labute approximate surface area is 88.3 Å². The average Bonchev–Trinajstić information content (AvgIpc) is 2.61. The number of amides is 1. The molecule has 0 saturated carbocycles. The zero-order valence-corrected chi connectivity index (χ0v) is 9.36. The van der Waals surface area contributed by atoms with Crippen LogP contribution in [0.5, 0.6) is 0 Å². The molecule has 0 aliphatic heterocycles. The van der Waals surface area contributed by atoms with E-state index < -0.39 is 6.04 Å². The molecule has 0 fully saturated rings. The first kappa shape index (κ1) is 11.2. The summed E-state index contributed by atoms with van der Waals surface area (Å²) in [6.07, 6.45) is 1.05. The first-order valence-electron chi connectivity index (χ1n) is 4.74. The van der Waals surface area contributed by atoms with Crippen LogP contribution in [0.4, 0.5) is 0 Å². The van der Waals surface area contributed by atoms with E-state index in [1.807, 2.05) is 6.07 Å². The Morgan fingerprint density at radius 1 is 1.57 bits per heavy atom. The van der Waals surface area contributed by atoms with Gasteiger partial charge in [0, 0.05) is 9.75 Å². The molecular formula is C10H16N2OS. The van der Waals surface area contributed by atoms with Crippen LogP contribution in [-0.4, -0.2) is 11.9 Å². The second-order valence-electron chi connectivity index (χ2n) is 3.23. The third-order valence-corrected chi connectivity index (χ3v) is 3.15. The van der Waals surface area contributed by atoms with Gasteiger partial charge >= 0.3 is 0 Å². The predicted molar refractivity (Wildman–Crippen MR) is 59.2 cm³/mol. The van der Waals surface area contributed by atoms with E-state index >= 15 is 0 Å². The molecule has 1 aromatic rings. The van der Waals surface area contributed by atoms with Crippen molar-refractivity contribution in [2.24, 2.45) is 5.73 Å². The summed E-state index contributed by atoms with van der Waals surface area (Å²) >= 11 is 1.73. The molecule has 1 heterocycles. The van der Waals surface area contributed by atoms with Crippen molar-refractivity contribution in [1.82, 2.24) is 5.32 Å². The highest BCUT2D eigenvalue weighted by Gasteiger charge is 2.06. The predicted octanol–water partition coefficient (Wildman–Crippen LogP) is 1.27. The van der Waals surface area contributed by atoms with Gasteiger partial charge in [-0.25, -0.2) is 0 Å². The maximum Gasteiger partial charge on any atom is 0.236 e. The molecule has 0 saturated heterocycles. The van der Waals surface area contributed by atoms with Crippen molar-refractivity contribution in [3.05, 3.63) is 21.9 Å². The lowest BCUT2D eigenvalue weighted by Crippen LogP contribution is -2.37. The maximum atomic E-state index is 11.2. The zero-order valence-electron chi connectivity index (χ0n) is 8.54. The summed E-state index contributed by atoms with van der Waals surface area (Å²) in [6.45, 7) is 4.39. The number of hydrogen-bond donors (Lipinski definition) is 2. The number of aryl methyl sites for hydroxylation is 1. The Balaban J connectivity index is 2.41. The van der Waals surface area contributed by atoms with Gasteiger partial charge in [0.25, 0.3) is 0 Å². The summed E-state index contributed by atoms with van der Waals surface area (Å²) in [4.78, 5) is 13.7. The van der Waals surface area contributed by atoms with E-state index in [9.17, 15) is 4.79 Å². The van der Waals surface area contributed by atoms with Crippen molar-refractivity contribution < 1.29 is 4.79 Å². The van der Waals surface area contributed by atoms with Crippen LogP contribution >= 0.6 is 11.3 Å². The number of nitrogens with two attached hydrogens (primary N) is 1. The Bertz CT molecular complexity index is 307. The number of carbonyl (C=O) groups is 1. The van der Waals surface area contributed by atoms with E-state index in [-0.39, 0.29) is 5.91 Å². The second kappa shape index (κ2) is 5.12. The molecular weight excluding hydrogens is 196 g/mol. The molecule has 0 unspecified atom stereocenters. The first-order chi connectivity index (χ1) is 6.63. The minimum absolute atomic E-state index is 0.101. The lowest BCUT2D eigenvalue weighted by molar-refractivity contribution is -0.122. The molecule has 0 aliphatic rings. The van der Waals surface area contributed by atoms with Gasteiger partial charge in [-0.2, -0.15) is 0 Å². The topological polar surface area (TPSA) is 55.1 Å². The maximum absolute atomic E-state index is 11.2. The Morgan fingerprint density at radius 2 is 2.21 bits per heavy atom. The van der Waals surface area contributed by atoms with Crippen LogP contribution in [0.2, 0.25) is 0 Å². The third-order valence-electron chi connectivity index (χ3n) is 1.92. The van der Waals surface area contributed by atoms with Gasteiger partial charge in [0.15, 0.2) is 0 Å². The summed E-state index contributed by atoms with van der Waals surface area (Å²) in [5, 5.41) is 2.78. The summed E-state index contributed by atoms with van der Waals surface area (Å²) in [5.41, 5.74) is 5.42. The normalized spacial score (nSPS) is 12.5. The van der Waals surface area contributed by atoms with E-state index in [2.05, 4.69) is 18.3 Å². The lowest BCUT2D eigenvalue weighted by atomic mass is 10.3. The fourth-order valence-corrected chi connectivity index (χ4v) is 1.94. The molecule has 4 heteroatoms. The van der Waals surface area contributed by atoms with E-state index in [0.29, 0.717) is 6.54 Å². The van der Waals surface area contributed by atoms with Crippen molar-refractivity contribution in [2.45, 2.75) is 32.9 Å². The number of rotatable bonds is 4. The average molecular weight is 212 g/mol. The standard InChI is InChI=1S/C10H16N2OS/c1-3-8-4-5-9(14-8)6-12-10(13)7(2)11/h4-5,7H,3,6,11H2,1-2H3,(H,12,13)/t7-/m1/s1. The molecule has 1 amide bonds. The van der Waals surface area contributed by atoms with Gasteiger partial charge in [-0.15, -0.1) is 11.3 Å². The molecule has 0 aromatic carbocycles. The van der Waals surface area contributed by atoms with Crippen LogP contribution in [-0.2, 0) is 17.8 Å². The molecule has 0 radical (unpaired) electrons. The van der Waals surface area contributed by atoms with Gasteiger partial charge in [0.05, 0.1) is 12.6 Å². The fourth-order valence-electron chi connectivity index (χ4n) is 1.04. The minimum Gasteiger partial charge on any atom is -0.350 e. The van der Waals surface area contributed by atoms with Crippen molar-refractivity contribution >= 4 is 17.2 Å². The van der Waals surface area contributed by atoms with Gasteiger partial charge in [-0.1, -0.05) is 6.92 Å². The van der Waals surface area contributed by atoms with Crippen LogP contribution in [0.3, 0.4) is 0 Å². The monoisotopic (exact) mass is 212 g/mol. The summed E-state index contributed by atoms with van der Waals surface area (Å²) in [5.74, 6) is -0.101. The molecule has 78 valence electrons. The fraction of sp³-hybridized carbons (Fsp3) is 0.500. The summed E-state index contributed by atoms with van der Waals surface area (Å²) in [7, 11) is 0. The smallest absolute Gasteiger partial charge is 0.236 e. The van der Waals surface area contributed by atoms with Gasteiger partial charge in [-0.05, 0) is 25.5 Å². The van der Waals surface area contributed by atoms with E-state index in [4.69, 9.17) is 5.73 Å². The van der Waals surface area contributed by atoms with Gasteiger partial charge in [-0.3, -0.25) is 4.79 Å². The van der Waals surface area contributed by atoms with E-state index in [0.717, 1.165) is 6.42 Å². The SMILES string of the molecule is CCc1ccc(CNC(=O)[C@@H](C)N)s1. The zero-order chi connectivity index (χ0) is 10.6. The molecule has 3 nitrogen and oxygen atoms in total. The second-order valence-corrected chi connectivity index (χ2v) is 4.48. The minimum atomic E-state index is -0.430. The van der Waals surface area contributed by atoms with Gasteiger partial charge < -0.3 is 11.1 Å². The Kier molecular flexibility index (Phi) is 4.10. The molecule has 1 atom stereocenters. The van der Waals surface area contributed by atoms with Crippen LogP contribution in [0, 0.1) is 0 Å². The third kappa shape index (κ3) is 3.12. The highest BCUT2D eigenvalue weighted by Crippen LogP contribution is 2.16. The van der Waals surface area contributed by atoms with Crippen molar-refractivity contribution in [1.29, 1.82) is 0 Å². The van der Waals surface area contributed by atoms with Crippen LogP contribution in [0.1, 0.15) is 23.6 Å². The molecule has 1 aromatic heterocycles. The molecule has 1 rings (SSSR count). The van der Waals surface area contributed by atoms with Gasteiger partial charge in [0.2, 0.25) is 5.91 Å². The quantitative estimate of drug-likeness (QED) is 0.789. The highest BCUT2D eigenvalue weighted by atomic mass is 32.1. The number of hydrogen-bond acceptors (Lipinski definition) is 3. The van der Waals surface area contributed by atoms with E-state index in [1.54, 1.807) is 18.3 Å². The molecule has 0 aliphatic carbocycles. The van der Waals surface area contributed by atoms with Crippen molar-refractivity contribution in [3.63, 3.8) is 0 Å². The van der Waals surface area contributed by atoms with E-state index in [1.165, 1.54) is 9.75 Å². The molecule has 0 spiro atoms. The lowest BCUT2D eigenvalue weighted by Gasteiger charge is -2.05.